The van der Waals surface area contributed by atoms with E-state index in [1.165, 1.54) is 29.8 Å². The number of hydrogen-bond donors (Lipinski definition) is 2. The Morgan fingerprint density at radius 3 is 2.51 bits per heavy atom. The highest BCUT2D eigenvalue weighted by atomic mass is 79.9. The van der Waals surface area contributed by atoms with Crippen molar-refractivity contribution in [3.05, 3.63) is 92.4 Å². The van der Waals surface area contributed by atoms with Crippen LogP contribution in [0.2, 0.25) is 5.02 Å². The van der Waals surface area contributed by atoms with Crippen LogP contribution in [-0.2, 0) is 15.3 Å². The fourth-order valence-electron chi connectivity index (χ4n) is 4.42. The summed E-state index contributed by atoms with van der Waals surface area (Å²) in [5, 5.41) is 31.2. The normalized spacial score (nSPS) is 16.1. The van der Waals surface area contributed by atoms with Crippen molar-refractivity contribution in [2.24, 2.45) is 0 Å². The number of nitrogens with zero attached hydrogens (tertiary/aromatic N) is 3. The van der Waals surface area contributed by atoms with E-state index in [9.17, 15) is 19.8 Å². The zero-order valence-corrected chi connectivity index (χ0v) is 26.9. The quantitative estimate of drug-likeness (QED) is 0.0573. The molecule has 0 spiro atoms. The molecule has 1 aliphatic rings. The fourth-order valence-corrected chi connectivity index (χ4v) is 6.83. The van der Waals surface area contributed by atoms with E-state index in [1.54, 1.807) is 42.5 Å². The molecule has 2 heterocycles. The van der Waals surface area contributed by atoms with Crippen LogP contribution in [0.1, 0.15) is 36.1 Å². The molecular formula is C30H25BrClN3O6S2. The number of phenols is 1. The minimum atomic E-state index is -1.09. The summed E-state index contributed by atoms with van der Waals surface area (Å²) in [5.41, 5.74) is 1.61. The predicted octanol–water partition coefficient (Wildman–Crippen LogP) is 7.38. The number of amides is 1. The van der Waals surface area contributed by atoms with Gasteiger partial charge in [0.2, 0.25) is 5.13 Å². The highest BCUT2D eigenvalue weighted by molar-refractivity contribution is 9.10. The third-order valence-electron chi connectivity index (χ3n) is 6.51. The average molecular weight is 703 g/mol. The zero-order valence-electron chi connectivity index (χ0n) is 22.9. The number of aromatic nitrogens is 2. The number of ketones is 1. The smallest absolute Gasteiger partial charge is 0.301 e. The number of halogens is 2. The summed E-state index contributed by atoms with van der Waals surface area (Å²) >= 11 is 11.9. The van der Waals surface area contributed by atoms with Crippen LogP contribution >= 0.6 is 50.6 Å². The van der Waals surface area contributed by atoms with Crippen LogP contribution in [0.15, 0.2) is 75.0 Å². The Morgan fingerprint density at radius 2 is 1.84 bits per heavy atom. The lowest BCUT2D eigenvalue weighted by molar-refractivity contribution is -0.132. The summed E-state index contributed by atoms with van der Waals surface area (Å²) in [6.07, 6.45) is 0.837. The van der Waals surface area contributed by atoms with Crippen molar-refractivity contribution in [1.29, 1.82) is 0 Å². The van der Waals surface area contributed by atoms with Crippen molar-refractivity contribution in [1.82, 2.24) is 10.2 Å². The topological polar surface area (TPSA) is 122 Å². The lowest BCUT2D eigenvalue weighted by Gasteiger charge is -2.23. The lowest BCUT2D eigenvalue weighted by Crippen LogP contribution is -2.29. The number of aliphatic hydroxyl groups excluding tert-OH is 1. The van der Waals surface area contributed by atoms with Crippen molar-refractivity contribution >= 4 is 73.2 Å². The Hall–Kier alpha value is -3.58. The third kappa shape index (κ3) is 6.52. The van der Waals surface area contributed by atoms with Gasteiger partial charge in [-0.1, -0.05) is 53.8 Å². The van der Waals surface area contributed by atoms with Gasteiger partial charge in [-0.2, -0.15) is 0 Å². The standard InChI is InChI=1S/C30H25BrClN3O6S2/c1-3-12-41-20-10-6-17(7-11-20)25(36)23-24(18-13-21(31)26(37)22(14-18)40-2)35(28(39)27(23)38)29-33-34-30(43-29)42-15-16-4-8-19(32)9-5-16/h4-11,13-14,24,36-37H,3,12,15H2,1-2H3/b25-23-. The van der Waals surface area contributed by atoms with Crippen LogP contribution < -0.4 is 14.4 Å². The number of carbonyl (C=O) groups is 2. The molecule has 0 saturated carbocycles. The van der Waals surface area contributed by atoms with Crippen molar-refractivity contribution in [2.45, 2.75) is 29.5 Å². The molecule has 0 bridgehead atoms. The lowest BCUT2D eigenvalue weighted by atomic mass is 9.95. The number of phenolic OH excluding ortho intramolecular Hbond substituents is 1. The van der Waals surface area contributed by atoms with Gasteiger partial charge in [0, 0.05) is 16.3 Å². The summed E-state index contributed by atoms with van der Waals surface area (Å²) in [6, 6.07) is 16.0. The largest absolute Gasteiger partial charge is 0.507 e. The summed E-state index contributed by atoms with van der Waals surface area (Å²) in [6.45, 7) is 2.53. The van der Waals surface area contributed by atoms with Crippen LogP contribution in [-0.4, -0.2) is 45.8 Å². The number of thioether (sulfide) groups is 1. The van der Waals surface area contributed by atoms with Crippen LogP contribution in [0.4, 0.5) is 5.13 Å². The van der Waals surface area contributed by atoms with E-state index in [-0.39, 0.29) is 32.4 Å². The molecule has 4 aromatic rings. The minimum absolute atomic E-state index is 0.115. The Morgan fingerprint density at radius 1 is 1.12 bits per heavy atom. The second kappa shape index (κ2) is 13.4. The van der Waals surface area contributed by atoms with Gasteiger partial charge >= 0.3 is 5.91 Å². The molecule has 0 aliphatic carbocycles. The maximum atomic E-state index is 13.6. The number of Topliss-reactive ketones (excluding diaryl/α,β-unsaturated/α-hetero) is 1. The van der Waals surface area contributed by atoms with Crippen LogP contribution in [0.3, 0.4) is 0 Å². The Bertz CT molecular complexity index is 1700. The Balaban J connectivity index is 1.56. The molecule has 1 atom stereocenters. The highest BCUT2D eigenvalue weighted by Gasteiger charge is 2.48. The molecule has 1 aliphatic heterocycles. The molecule has 13 heteroatoms. The second-order valence-electron chi connectivity index (χ2n) is 9.36. The Kier molecular flexibility index (Phi) is 9.60. The first kappa shape index (κ1) is 30.9. The van der Waals surface area contributed by atoms with E-state index in [2.05, 4.69) is 26.1 Å². The number of benzene rings is 3. The summed E-state index contributed by atoms with van der Waals surface area (Å²) in [5.74, 6) is -0.955. The molecule has 1 unspecified atom stereocenters. The number of anilines is 1. The molecule has 3 aromatic carbocycles. The molecule has 1 amide bonds. The zero-order chi connectivity index (χ0) is 30.7. The number of hydrogen-bond acceptors (Lipinski definition) is 10. The summed E-state index contributed by atoms with van der Waals surface area (Å²) < 4.78 is 11.8. The number of carbonyl (C=O) groups excluding carboxylic acids is 2. The first-order valence-electron chi connectivity index (χ1n) is 13.0. The highest BCUT2D eigenvalue weighted by Crippen LogP contribution is 2.47. The first-order valence-corrected chi connectivity index (χ1v) is 16.0. The molecule has 5 rings (SSSR count). The van der Waals surface area contributed by atoms with Gasteiger partial charge in [-0.05, 0) is 82.0 Å². The monoisotopic (exact) mass is 701 g/mol. The average Bonchev–Trinajstić information content (AvgIpc) is 3.58. The predicted molar refractivity (Wildman–Crippen MR) is 170 cm³/mol. The molecule has 9 nitrogen and oxygen atoms in total. The maximum absolute atomic E-state index is 13.6. The van der Waals surface area contributed by atoms with Crippen molar-refractivity contribution in [3.63, 3.8) is 0 Å². The molecular weight excluding hydrogens is 678 g/mol. The van der Waals surface area contributed by atoms with Crippen LogP contribution in [0, 0.1) is 0 Å². The van der Waals surface area contributed by atoms with Crippen molar-refractivity contribution < 1.29 is 29.3 Å². The van der Waals surface area contributed by atoms with E-state index >= 15 is 0 Å². The Labute approximate surface area is 269 Å². The summed E-state index contributed by atoms with van der Waals surface area (Å²) in [4.78, 5) is 28.4. The molecule has 2 N–H and O–H groups in total. The minimum Gasteiger partial charge on any atom is -0.507 e. The van der Waals surface area contributed by atoms with Crippen LogP contribution in [0.25, 0.3) is 5.76 Å². The van der Waals surface area contributed by atoms with E-state index in [0.29, 0.717) is 38.6 Å². The molecule has 43 heavy (non-hydrogen) atoms. The third-order valence-corrected chi connectivity index (χ3v) is 9.49. The maximum Gasteiger partial charge on any atom is 0.301 e. The van der Waals surface area contributed by atoms with E-state index in [4.69, 9.17) is 21.1 Å². The molecule has 1 fully saturated rings. The summed E-state index contributed by atoms with van der Waals surface area (Å²) in [7, 11) is 1.39. The van der Waals surface area contributed by atoms with Gasteiger partial charge in [0.1, 0.15) is 11.5 Å². The molecule has 222 valence electrons. The van der Waals surface area contributed by atoms with Gasteiger partial charge in [0.05, 0.1) is 29.8 Å². The number of rotatable bonds is 10. The van der Waals surface area contributed by atoms with E-state index in [0.717, 1.165) is 23.3 Å². The number of aromatic hydroxyl groups is 1. The molecule has 1 saturated heterocycles. The van der Waals surface area contributed by atoms with Gasteiger partial charge in [0.15, 0.2) is 15.8 Å². The number of aliphatic hydroxyl groups is 1. The van der Waals surface area contributed by atoms with Crippen molar-refractivity contribution in [3.8, 4) is 17.2 Å². The second-order valence-corrected chi connectivity index (χ2v) is 12.8. The fraction of sp³-hybridized carbons (Fsp3) is 0.200. The van der Waals surface area contributed by atoms with Gasteiger partial charge in [-0.3, -0.25) is 14.5 Å². The van der Waals surface area contributed by atoms with Gasteiger partial charge in [-0.25, -0.2) is 0 Å². The van der Waals surface area contributed by atoms with E-state index < -0.39 is 17.7 Å². The first-order chi connectivity index (χ1) is 20.7. The SMILES string of the molecule is CCCOc1ccc(/C(O)=C2/C(=O)C(=O)N(c3nnc(SCc4ccc(Cl)cc4)s3)C2c2cc(Br)c(O)c(OC)c2)cc1. The van der Waals surface area contributed by atoms with Gasteiger partial charge in [-0.15, -0.1) is 10.2 Å². The van der Waals surface area contributed by atoms with Crippen molar-refractivity contribution in [2.75, 3.05) is 18.6 Å². The number of methoxy groups -OCH3 is 1. The van der Waals surface area contributed by atoms with Crippen LogP contribution in [0.5, 0.6) is 17.2 Å². The number of ether oxygens (including phenoxy) is 2. The molecule has 0 radical (unpaired) electrons. The van der Waals surface area contributed by atoms with Gasteiger partial charge in [0.25, 0.3) is 5.78 Å². The molecule has 1 aromatic heterocycles. The van der Waals surface area contributed by atoms with E-state index in [1.807, 2.05) is 19.1 Å². The van der Waals surface area contributed by atoms with Gasteiger partial charge < -0.3 is 19.7 Å².